The summed E-state index contributed by atoms with van der Waals surface area (Å²) < 4.78 is 0. The maximum Gasteiger partial charge on any atom is 0.313 e. The number of rotatable bonds is 6. The van der Waals surface area contributed by atoms with Crippen LogP contribution >= 0.6 is 0 Å². The highest BCUT2D eigenvalue weighted by molar-refractivity contribution is 6.40. The lowest BCUT2D eigenvalue weighted by molar-refractivity contribution is -0.136. The molecule has 3 amide bonds. The molecule has 1 atom stereocenters. The molecule has 2 aromatic rings. The van der Waals surface area contributed by atoms with Gasteiger partial charge in [-0.15, -0.1) is 0 Å². The third kappa shape index (κ3) is 5.44. The topological polar surface area (TPSA) is 87.3 Å². The Morgan fingerprint density at radius 3 is 2.27 bits per heavy atom. The van der Waals surface area contributed by atoms with Crippen LogP contribution in [-0.2, 0) is 16.1 Å². The minimum Gasteiger partial charge on any atom is -0.348 e. The number of carbonyl (C=O) groups is 3. The number of anilines is 1. The van der Waals surface area contributed by atoms with E-state index in [2.05, 4.69) is 16.0 Å². The predicted octanol–water partition coefficient (Wildman–Crippen LogP) is 2.47. The van der Waals surface area contributed by atoms with E-state index in [0.717, 1.165) is 12.0 Å². The molecule has 6 heteroatoms. The first kappa shape index (κ1) is 19.2. The van der Waals surface area contributed by atoms with E-state index >= 15 is 0 Å². The van der Waals surface area contributed by atoms with Gasteiger partial charge in [0, 0.05) is 12.6 Å². The summed E-state index contributed by atoms with van der Waals surface area (Å²) in [5.41, 5.74) is 1.56. The molecule has 0 unspecified atom stereocenters. The standard InChI is InChI=1S/C20H23N3O3/c1-3-14(2)22-19(25)20(26)23-17-12-8-7-11-16(17)18(24)21-13-15-9-5-4-6-10-15/h4-12,14H,3,13H2,1-2H3,(H,21,24)(H,22,25)(H,23,26)/t14-/m1/s1. The molecule has 0 heterocycles. The highest BCUT2D eigenvalue weighted by atomic mass is 16.2. The van der Waals surface area contributed by atoms with Gasteiger partial charge in [0.05, 0.1) is 11.3 Å². The number of amides is 3. The van der Waals surface area contributed by atoms with Crippen LogP contribution in [0, 0.1) is 0 Å². The van der Waals surface area contributed by atoms with Gasteiger partial charge in [-0.3, -0.25) is 14.4 Å². The molecule has 0 fully saturated rings. The number of hydrogen-bond acceptors (Lipinski definition) is 3. The van der Waals surface area contributed by atoms with Crippen LogP contribution < -0.4 is 16.0 Å². The highest BCUT2D eigenvalue weighted by Gasteiger charge is 2.18. The molecule has 0 radical (unpaired) electrons. The van der Waals surface area contributed by atoms with Crippen LogP contribution in [0.4, 0.5) is 5.69 Å². The second-order valence-electron chi connectivity index (χ2n) is 5.95. The fraction of sp³-hybridized carbons (Fsp3) is 0.250. The predicted molar refractivity (Wildman–Crippen MR) is 101 cm³/mol. The van der Waals surface area contributed by atoms with Gasteiger partial charge in [0.2, 0.25) is 0 Å². The average molecular weight is 353 g/mol. The summed E-state index contributed by atoms with van der Waals surface area (Å²) in [5.74, 6) is -1.85. The number of benzene rings is 2. The van der Waals surface area contributed by atoms with Gasteiger partial charge < -0.3 is 16.0 Å². The van der Waals surface area contributed by atoms with Crippen molar-refractivity contribution in [2.45, 2.75) is 32.9 Å². The molecule has 0 saturated heterocycles. The maximum absolute atomic E-state index is 12.5. The van der Waals surface area contributed by atoms with Gasteiger partial charge in [0.1, 0.15) is 0 Å². The van der Waals surface area contributed by atoms with Crippen molar-refractivity contribution in [2.24, 2.45) is 0 Å². The molecule has 0 aliphatic heterocycles. The SMILES string of the molecule is CC[C@@H](C)NC(=O)C(=O)Nc1ccccc1C(=O)NCc1ccccc1. The van der Waals surface area contributed by atoms with E-state index in [0.29, 0.717) is 17.8 Å². The molecule has 26 heavy (non-hydrogen) atoms. The molecule has 0 aliphatic rings. The summed E-state index contributed by atoms with van der Waals surface area (Å²) in [4.78, 5) is 36.4. The Morgan fingerprint density at radius 1 is 0.923 bits per heavy atom. The molecule has 136 valence electrons. The molecule has 0 bridgehead atoms. The summed E-state index contributed by atoms with van der Waals surface area (Å²) in [5, 5.41) is 7.91. The third-order valence-electron chi connectivity index (χ3n) is 3.91. The molecular weight excluding hydrogens is 330 g/mol. The Bertz CT molecular complexity index is 775. The number of nitrogens with one attached hydrogen (secondary N) is 3. The van der Waals surface area contributed by atoms with Crippen molar-refractivity contribution in [3.63, 3.8) is 0 Å². The largest absolute Gasteiger partial charge is 0.348 e. The van der Waals surface area contributed by atoms with Crippen LogP contribution in [0.1, 0.15) is 36.2 Å². The molecule has 0 aromatic heterocycles. The summed E-state index contributed by atoms with van der Waals surface area (Å²) in [6, 6.07) is 16.0. The highest BCUT2D eigenvalue weighted by Crippen LogP contribution is 2.15. The fourth-order valence-corrected chi connectivity index (χ4v) is 2.23. The first-order valence-electron chi connectivity index (χ1n) is 8.54. The van der Waals surface area contributed by atoms with Crippen molar-refractivity contribution in [1.29, 1.82) is 0 Å². The van der Waals surface area contributed by atoms with Crippen LogP contribution in [0.15, 0.2) is 54.6 Å². The van der Waals surface area contributed by atoms with E-state index in [9.17, 15) is 14.4 Å². The molecule has 0 saturated carbocycles. The van der Waals surface area contributed by atoms with Gasteiger partial charge in [0.25, 0.3) is 5.91 Å². The molecule has 3 N–H and O–H groups in total. The van der Waals surface area contributed by atoms with Gasteiger partial charge in [-0.05, 0) is 31.0 Å². The number of hydrogen-bond donors (Lipinski definition) is 3. The minimum atomic E-state index is -0.798. The van der Waals surface area contributed by atoms with Crippen molar-refractivity contribution in [2.75, 3.05) is 5.32 Å². The summed E-state index contributed by atoms with van der Waals surface area (Å²) >= 11 is 0. The van der Waals surface area contributed by atoms with Gasteiger partial charge in [-0.25, -0.2) is 0 Å². The van der Waals surface area contributed by atoms with E-state index < -0.39 is 11.8 Å². The van der Waals surface area contributed by atoms with Crippen molar-refractivity contribution in [3.8, 4) is 0 Å². The zero-order valence-corrected chi connectivity index (χ0v) is 14.9. The van der Waals surface area contributed by atoms with E-state index in [1.807, 2.05) is 44.2 Å². The monoisotopic (exact) mass is 353 g/mol. The second kappa shape index (κ2) is 9.36. The summed E-state index contributed by atoms with van der Waals surface area (Å²) in [7, 11) is 0. The van der Waals surface area contributed by atoms with Crippen LogP contribution in [0.25, 0.3) is 0 Å². The Morgan fingerprint density at radius 2 is 1.58 bits per heavy atom. The smallest absolute Gasteiger partial charge is 0.313 e. The van der Waals surface area contributed by atoms with Gasteiger partial charge in [-0.2, -0.15) is 0 Å². The molecule has 6 nitrogen and oxygen atoms in total. The zero-order chi connectivity index (χ0) is 18.9. The van der Waals surface area contributed by atoms with E-state index in [1.54, 1.807) is 24.3 Å². The Labute approximate surface area is 153 Å². The van der Waals surface area contributed by atoms with Crippen LogP contribution in [-0.4, -0.2) is 23.8 Å². The number of carbonyl (C=O) groups excluding carboxylic acids is 3. The number of para-hydroxylation sites is 1. The molecule has 2 aromatic carbocycles. The first-order valence-corrected chi connectivity index (χ1v) is 8.54. The quantitative estimate of drug-likeness (QED) is 0.697. The molecule has 0 spiro atoms. The maximum atomic E-state index is 12.5. The van der Waals surface area contributed by atoms with Crippen LogP contribution in [0.5, 0.6) is 0 Å². The zero-order valence-electron chi connectivity index (χ0n) is 14.9. The Kier molecular flexibility index (Phi) is 6.91. The van der Waals surface area contributed by atoms with Gasteiger partial charge in [0.15, 0.2) is 0 Å². The van der Waals surface area contributed by atoms with E-state index in [4.69, 9.17) is 0 Å². The molecule has 0 aliphatic carbocycles. The van der Waals surface area contributed by atoms with Crippen molar-refractivity contribution < 1.29 is 14.4 Å². The summed E-state index contributed by atoms with van der Waals surface area (Å²) in [6.07, 6.45) is 0.720. The minimum absolute atomic E-state index is 0.0994. The lowest BCUT2D eigenvalue weighted by Crippen LogP contribution is -2.40. The third-order valence-corrected chi connectivity index (χ3v) is 3.91. The average Bonchev–Trinajstić information content (AvgIpc) is 2.67. The Balaban J connectivity index is 2.03. The normalized spacial score (nSPS) is 11.3. The lowest BCUT2D eigenvalue weighted by Gasteiger charge is -2.13. The van der Waals surface area contributed by atoms with Crippen LogP contribution in [0.3, 0.4) is 0 Å². The summed E-state index contributed by atoms with van der Waals surface area (Å²) in [6.45, 7) is 4.10. The lowest BCUT2D eigenvalue weighted by atomic mass is 10.1. The van der Waals surface area contributed by atoms with Gasteiger partial charge in [-0.1, -0.05) is 49.4 Å². The van der Waals surface area contributed by atoms with Crippen molar-refractivity contribution in [3.05, 3.63) is 65.7 Å². The fourth-order valence-electron chi connectivity index (χ4n) is 2.23. The first-order chi connectivity index (χ1) is 12.5. The second-order valence-corrected chi connectivity index (χ2v) is 5.95. The van der Waals surface area contributed by atoms with E-state index in [1.165, 1.54) is 0 Å². The van der Waals surface area contributed by atoms with Crippen molar-refractivity contribution >= 4 is 23.4 Å². The van der Waals surface area contributed by atoms with Crippen LogP contribution in [0.2, 0.25) is 0 Å². The molecular formula is C20H23N3O3. The van der Waals surface area contributed by atoms with E-state index in [-0.39, 0.29) is 11.9 Å². The Hall–Kier alpha value is -3.15. The molecule has 2 rings (SSSR count). The van der Waals surface area contributed by atoms with Gasteiger partial charge >= 0.3 is 11.8 Å². The van der Waals surface area contributed by atoms with Crippen molar-refractivity contribution in [1.82, 2.24) is 10.6 Å².